The summed E-state index contributed by atoms with van der Waals surface area (Å²) >= 11 is 1.25. The van der Waals surface area contributed by atoms with E-state index >= 15 is 0 Å². The van der Waals surface area contributed by atoms with Gasteiger partial charge in [-0.25, -0.2) is 0 Å². The van der Waals surface area contributed by atoms with Crippen LogP contribution in [0.4, 0.5) is 51.2 Å². The summed E-state index contributed by atoms with van der Waals surface area (Å²) in [6.45, 7) is 1.59. The molecule has 7 aromatic rings. The van der Waals surface area contributed by atoms with Crippen molar-refractivity contribution in [1.29, 1.82) is 0 Å². The van der Waals surface area contributed by atoms with Crippen LogP contribution in [-0.2, 0) is 4.79 Å². The molecule has 4 nitrogen and oxygen atoms in total. The summed E-state index contributed by atoms with van der Waals surface area (Å²) in [7, 11) is 0. The first-order valence-electron chi connectivity index (χ1n) is 16.2. The summed E-state index contributed by atoms with van der Waals surface area (Å²) in [4.78, 5) is 19.4. The normalized spacial score (nSPS) is 10.7. The lowest BCUT2D eigenvalue weighted by Crippen LogP contribution is -2.13. The number of hydrogen-bond acceptors (Lipinski definition) is 5. The number of carbonyl (C=O) groups is 1. The van der Waals surface area contributed by atoms with Crippen molar-refractivity contribution in [2.24, 2.45) is 0 Å². The number of hydrogen-bond donors (Lipinski definition) is 0. The molecule has 0 amide bonds. The molecule has 0 radical (unpaired) electrons. The predicted molar refractivity (Wildman–Crippen MR) is 207 cm³/mol. The zero-order valence-electron chi connectivity index (χ0n) is 27.1. The van der Waals surface area contributed by atoms with Gasteiger partial charge in [-0.2, -0.15) is 0 Å². The largest absolute Gasteiger partial charge is 0.311 e. The monoisotopic (exact) mass is 653 g/mol. The number of carbonyl (C=O) groups excluding carboxylic acids is 1. The highest BCUT2D eigenvalue weighted by Gasteiger charge is 2.17. The Morgan fingerprint density at radius 3 is 0.755 bits per heavy atom. The third-order valence-corrected chi connectivity index (χ3v) is 8.94. The maximum Gasteiger partial charge on any atom is 0.190 e. The molecule has 0 saturated heterocycles. The van der Waals surface area contributed by atoms with Gasteiger partial charge in [0.2, 0.25) is 0 Å². The highest BCUT2D eigenvalue weighted by molar-refractivity contribution is 8.13. The van der Waals surface area contributed by atoms with E-state index in [0.717, 1.165) is 56.1 Å². The molecule has 0 aliphatic heterocycles. The number of nitrogens with zero attached hydrogens (tertiary/aromatic N) is 3. The summed E-state index contributed by atoms with van der Waals surface area (Å²) in [5.41, 5.74) is 9.57. The number of rotatable bonds is 10. The first-order valence-corrected chi connectivity index (χ1v) is 17.0. The van der Waals surface area contributed by atoms with Crippen molar-refractivity contribution in [3.05, 3.63) is 194 Å². The molecular weight excluding hydrogens is 619 g/mol. The first-order chi connectivity index (χ1) is 24.1. The van der Waals surface area contributed by atoms with Crippen molar-refractivity contribution in [2.75, 3.05) is 14.7 Å². The van der Waals surface area contributed by atoms with Crippen LogP contribution in [0.1, 0.15) is 6.92 Å². The molecule has 7 aromatic carbocycles. The quantitative estimate of drug-likeness (QED) is 0.137. The van der Waals surface area contributed by atoms with Crippen molar-refractivity contribution in [1.82, 2.24) is 0 Å². The molecule has 0 heterocycles. The van der Waals surface area contributed by atoms with E-state index in [-0.39, 0.29) is 5.12 Å². The maximum atomic E-state index is 11.7. The molecule has 0 fully saturated rings. The predicted octanol–water partition coefficient (Wildman–Crippen LogP) is 12.7. The fourth-order valence-corrected chi connectivity index (χ4v) is 6.58. The average Bonchev–Trinajstić information content (AvgIpc) is 3.16. The molecule has 0 aromatic heterocycles. The molecule has 0 bridgehead atoms. The van der Waals surface area contributed by atoms with E-state index in [1.165, 1.54) is 11.8 Å². The standard InChI is InChI=1S/C44H35N3OS/c1-34(48)49-44-32-30-43(31-33-44)47(38-20-12-5-13-21-38)42-28-26-41(27-29-42)46(37-18-10-4-11-19-37)40-24-22-39(23-25-40)45(35-14-6-2-7-15-35)36-16-8-3-9-17-36/h2-33H,1H3. The highest BCUT2D eigenvalue weighted by Crippen LogP contribution is 2.41. The average molecular weight is 654 g/mol. The maximum absolute atomic E-state index is 11.7. The SMILES string of the molecule is CC(=O)Sc1ccc(N(c2ccccc2)c2ccc(N(c3ccccc3)c3ccc(N(c4ccccc4)c4ccccc4)cc3)cc2)cc1. The number of para-hydroxylation sites is 4. The van der Waals surface area contributed by atoms with Crippen LogP contribution in [0.25, 0.3) is 0 Å². The molecule has 0 unspecified atom stereocenters. The molecule has 7 rings (SSSR count). The van der Waals surface area contributed by atoms with Gasteiger partial charge in [0.05, 0.1) is 0 Å². The molecule has 49 heavy (non-hydrogen) atoms. The molecule has 238 valence electrons. The lowest BCUT2D eigenvalue weighted by molar-refractivity contribution is -0.109. The van der Waals surface area contributed by atoms with E-state index in [9.17, 15) is 4.79 Å². The molecule has 0 saturated carbocycles. The van der Waals surface area contributed by atoms with Gasteiger partial charge in [-0.3, -0.25) is 4.79 Å². The van der Waals surface area contributed by atoms with E-state index in [4.69, 9.17) is 0 Å². The Bertz CT molecular complexity index is 2050. The van der Waals surface area contributed by atoms with Crippen molar-refractivity contribution in [3.63, 3.8) is 0 Å². The van der Waals surface area contributed by atoms with Gasteiger partial charge in [-0.1, -0.05) is 84.6 Å². The number of benzene rings is 7. The minimum atomic E-state index is 0.0746. The molecule has 0 aliphatic carbocycles. The van der Waals surface area contributed by atoms with Crippen LogP contribution in [0.15, 0.2) is 199 Å². The lowest BCUT2D eigenvalue weighted by Gasteiger charge is -2.29. The van der Waals surface area contributed by atoms with Crippen LogP contribution >= 0.6 is 11.8 Å². The molecule has 0 atom stereocenters. The van der Waals surface area contributed by atoms with Gasteiger partial charge in [0.15, 0.2) is 5.12 Å². The molecule has 5 heteroatoms. The summed E-state index contributed by atoms with van der Waals surface area (Å²) in [5.74, 6) is 0. The topological polar surface area (TPSA) is 26.8 Å². The fourth-order valence-electron chi connectivity index (χ4n) is 5.98. The van der Waals surface area contributed by atoms with Gasteiger partial charge in [0, 0.05) is 63.0 Å². The van der Waals surface area contributed by atoms with Gasteiger partial charge in [-0.05, 0) is 121 Å². The zero-order valence-corrected chi connectivity index (χ0v) is 27.9. The summed E-state index contributed by atoms with van der Waals surface area (Å²) in [5, 5.41) is 0.0746. The van der Waals surface area contributed by atoms with Gasteiger partial charge in [0.25, 0.3) is 0 Å². The van der Waals surface area contributed by atoms with E-state index in [1.807, 2.05) is 48.5 Å². The minimum absolute atomic E-state index is 0.0746. The Balaban J connectivity index is 1.25. The van der Waals surface area contributed by atoms with Crippen LogP contribution in [-0.4, -0.2) is 5.12 Å². The summed E-state index contributed by atoms with van der Waals surface area (Å²) in [6, 6.07) is 67.3. The Morgan fingerprint density at radius 1 is 0.327 bits per heavy atom. The third-order valence-electron chi connectivity index (χ3n) is 8.15. The van der Waals surface area contributed by atoms with E-state index in [0.29, 0.717) is 0 Å². The van der Waals surface area contributed by atoms with Gasteiger partial charge in [0.1, 0.15) is 0 Å². The van der Waals surface area contributed by atoms with Gasteiger partial charge < -0.3 is 14.7 Å². The van der Waals surface area contributed by atoms with Gasteiger partial charge >= 0.3 is 0 Å². The molecule has 0 N–H and O–H groups in total. The summed E-state index contributed by atoms with van der Waals surface area (Å²) in [6.07, 6.45) is 0. The van der Waals surface area contributed by atoms with Crippen molar-refractivity contribution in [3.8, 4) is 0 Å². The Morgan fingerprint density at radius 2 is 0.531 bits per heavy atom. The zero-order chi connectivity index (χ0) is 33.4. The Hall–Kier alpha value is -6.04. The van der Waals surface area contributed by atoms with Crippen LogP contribution in [0.3, 0.4) is 0 Å². The minimum Gasteiger partial charge on any atom is -0.311 e. The molecule has 0 spiro atoms. The van der Waals surface area contributed by atoms with Crippen LogP contribution in [0, 0.1) is 0 Å². The van der Waals surface area contributed by atoms with E-state index < -0.39 is 0 Å². The smallest absolute Gasteiger partial charge is 0.190 e. The lowest BCUT2D eigenvalue weighted by atomic mass is 10.1. The first kappa shape index (κ1) is 31.6. The van der Waals surface area contributed by atoms with Crippen molar-refractivity contribution >= 4 is 68.1 Å². The van der Waals surface area contributed by atoms with E-state index in [2.05, 4.69) is 160 Å². The highest BCUT2D eigenvalue weighted by atomic mass is 32.2. The van der Waals surface area contributed by atoms with Gasteiger partial charge in [-0.15, -0.1) is 0 Å². The Kier molecular flexibility index (Phi) is 9.53. The van der Waals surface area contributed by atoms with Crippen LogP contribution < -0.4 is 14.7 Å². The Labute approximate surface area is 292 Å². The summed E-state index contributed by atoms with van der Waals surface area (Å²) < 4.78 is 0. The molecular formula is C44H35N3OS. The van der Waals surface area contributed by atoms with Crippen LogP contribution in [0.2, 0.25) is 0 Å². The van der Waals surface area contributed by atoms with Crippen LogP contribution in [0.5, 0.6) is 0 Å². The van der Waals surface area contributed by atoms with E-state index in [1.54, 1.807) is 6.92 Å². The van der Waals surface area contributed by atoms with Crippen molar-refractivity contribution in [2.45, 2.75) is 11.8 Å². The fraction of sp³-hybridized carbons (Fsp3) is 0.0227. The number of thioether (sulfide) groups is 1. The second-order valence-electron chi connectivity index (χ2n) is 11.5. The molecule has 0 aliphatic rings. The number of anilines is 9. The second-order valence-corrected chi connectivity index (χ2v) is 12.7. The second kappa shape index (κ2) is 14.8. The van der Waals surface area contributed by atoms with Crippen molar-refractivity contribution < 1.29 is 4.79 Å². The third kappa shape index (κ3) is 7.28.